The third-order valence-electron chi connectivity index (χ3n) is 4.21. The van der Waals surface area contributed by atoms with Crippen LogP contribution in [0.3, 0.4) is 0 Å². The minimum atomic E-state index is -0.344. The molecule has 2 N–H and O–H groups in total. The van der Waals surface area contributed by atoms with Crippen LogP contribution < -0.4 is 11.4 Å². The van der Waals surface area contributed by atoms with Crippen molar-refractivity contribution in [3.05, 3.63) is 40.2 Å². The quantitative estimate of drug-likeness (QED) is 0.400. The van der Waals surface area contributed by atoms with Crippen LogP contribution >= 0.6 is 0 Å². The summed E-state index contributed by atoms with van der Waals surface area (Å²) in [5.74, 6) is 0. The molecule has 0 bridgehead atoms. The highest BCUT2D eigenvalue weighted by Crippen LogP contribution is 2.24. The van der Waals surface area contributed by atoms with Crippen LogP contribution in [0.2, 0.25) is 0 Å². The van der Waals surface area contributed by atoms with Crippen molar-refractivity contribution in [2.45, 2.75) is 64.7 Å². The standard InChI is InChI=1S/C19H27NO2/c1-2-3-4-5-6-7-8-9-10-15-11-13-17(20)19-16(15)12-14-18(21)22-19/h11-14H,2-10,20H2,1H3. The predicted octanol–water partition coefficient (Wildman–Crippen LogP) is 5.06. The highest BCUT2D eigenvalue weighted by Gasteiger charge is 2.06. The molecule has 0 unspecified atom stereocenters. The van der Waals surface area contributed by atoms with Crippen LogP contribution in [0.5, 0.6) is 0 Å². The van der Waals surface area contributed by atoms with Gasteiger partial charge in [-0.15, -0.1) is 0 Å². The van der Waals surface area contributed by atoms with Crippen molar-refractivity contribution in [1.29, 1.82) is 0 Å². The van der Waals surface area contributed by atoms with Gasteiger partial charge in [0.25, 0.3) is 0 Å². The summed E-state index contributed by atoms with van der Waals surface area (Å²) in [7, 11) is 0. The van der Waals surface area contributed by atoms with E-state index in [4.69, 9.17) is 10.2 Å². The van der Waals surface area contributed by atoms with Crippen molar-refractivity contribution in [1.82, 2.24) is 0 Å². The second kappa shape index (κ2) is 8.62. The fraction of sp³-hybridized carbons (Fsp3) is 0.526. The molecule has 2 aromatic rings. The lowest BCUT2D eigenvalue weighted by Crippen LogP contribution is -1.99. The summed E-state index contributed by atoms with van der Waals surface area (Å²) in [5.41, 5.74) is 7.84. The average molecular weight is 301 g/mol. The minimum absolute atomic E-state index is 0.344. The smallest absolute Gasteiger partial charge is 0.336 e. The van der Waals surface area contributed by atoms with E-state index in [1.807, 2.05) is 12.1 Å². The number of benzene rings is 1. The fourth-order valence-electron chi connectivity index (χ4n) is 2.91. The molecule has 0 aliphatic rings. The summed E-state index contributed by atoms with van der Waals surface area (Å²) in [6, 6.07) is 7.20. The van der Waals surface area contributed by atoms with E-state index in [0.717, 1.165) is 11.8 Å². The first-order valence-corrected chi connectivity index (χ1v) is 8.53. The van der Waals surface area contributed by atoms with Gasteiger partial charge in [-0.2, -0.15) is 0 Å². The Hall–Kier alpha value is -1.77. The van der Waals surface area contributed by atoms with Crippen LogP contribution in [-0.2, 0) is 6.42 Å². The molecule has 1 aromatic heterocycles. The molecule has 3 nitrogen and oxygen atoms in total. The van der Waals surface area contributed by atoms with Gasteiger partial charge in [-0.1, -0.05) is 57.9 Å². The number of nitrogens with two attached hydrogens (primary N) is 1. The molecular weight excluding hydrogens is 274 g/mol. The number of rotatable bonds is 9. The third kappa shape index (κ3) is 4.62. The van der Waals surface area contributed by atoms with Crippen molar-refractivity contribution in [3.63, 3.8) is 0 Å². The predicted molar refractivity (Wildman–Crippen MR) is 93.2 cm³/mol. The van der Waals surface area contributed by atoms with Gasteiger partial charge in [0, 0.05) is 11.5 Å². The van der Waals surface area contributed by atoms with Crippen LogP contribution in [0, 0.1) is 0 Å². The largest absolute Gasteiger partial charge is 0.420 e. The summed E-state index contributed by atoms with van der Waals surface area (Å²) >= 11 is 0. The minimum Gasteiger partial charge on any atom is -0.420 e. The molecule has 1 aromatic carbocycles. The number of nitrogen functional groups attached to an aromatic ring is 1. The summed E-state index contributed by atoms with van der Waals surface area (Å²) in [6.07, 6.45) is 11.5. The van der Waals surface area contributed by atoms with E-state index in [0.29, 0.717) is 11.3 Å². The molecule has 1 heterocycles. The molecule has 2 rings (SSSR count). The average Bonchev–Trinajstić information content (AvgIpc) is 2.52. The zero-order valence-corrected chi connectivity index (χ0v) is 13.6. The fourth-order valence-corrected chi connectivity index (χ4v) is 2.91. The van der Waals surface area contributed by atoms with Crippen LogP contribution in [0.15, 0.2) is 33.5 Å². The Labute approximate surface area is 132 Å². The van der Waals surface area contributed by atoms with Crippen molar-refractivity contribution >= 4 is 16.7 Å². The maximum absolute atomic E-state index is 11.3. The molecule has 0 aliphatic heterocycles. The van der Waals surface area contributed by atoms with Crippen molar-refractivity contribution in [3.8, 4) is 0 Å². The molecule has 22 heavy (non-hydrogen) atoms. The maximum atomic E-state index is 11.3. The zero-order valence-electron chi connectivity index (χ0n) is 13.6. The molecule has 0 saturated heterocycles. The van der Waals surface area contributed by atoms with Crippen molar-refractivity contribution in [2.75, 3.05) is 5.73 Å². The first kappa shape index (κ1) is 16.6. The van der Waals surface area contributed by atoms with E-state index in [1.54, 1.807) is 0 Å². The molecule has 0 atom stereocenters. The molecule has 0 aliphatic carbocycles. The number of unbranched alkanes of at least 4 members (excludes halogenated alkanes) is 7. The van der Waals surface area contributed by atoms with E-state index in [1.165, 1.54) is 63.0 Å². The van der Waals surface area contributed by atoms with Gasteiger partial charge in [-0.25, -0.2) is 4.79 Å². The Bertz CT molecular complexity index is 645. The first-order chi connectivity index (χ1) is 10.7. The highest BCUT2D eigenvalue weighted by molar-refractivity contribution is 5.89. The van der Waals surface area contributed by atoms with Gasteiger partial charge >= 0.3 is 5.63 Å². The van der Waals surface area contributed by atoms with Crippen LogP contribution in [0.1, 0.15) is 63.9 Å². The first-order valence-electron chi connectivity index (χ1n) is 8.53. The van der Waals surface area contributed by atoms with Gasteiger partial charge in [-0.3, -0.25) is 0 Å². The Kier molecular flexibility index (Phi) is 6.50. The van der Waals surface area contributed by atoms with Crippen LogP contribution in [-0.4, -0.2) is 0 Å². The zero-order chi connectivity index (χ0) is 15.8. The lowest BCUT2D eigenvalue weighted by molar-refractivity contribution is 0.561. The van der Waals surface area contributed by atoms with Crippen molar-refractivity contribution < 1.29 is 4.42 Å². The number of hydrogen-bond donors (Lipinski definition) is 1. The van der Waals surface area contributed by atoms with E-state index >= 15 is 0 Å². The normalized spacial score (nSPS) is 11.1. The van der Waals surface area contributed by atoms with Gasteiger partial charge in [0.2, 0.25) is 0 Å². The second-order valence-electron chi connectivity index (χ2n) is 6.04. The summed E-state index contributed by atoms with van der Waals surface area (Å²) in [4.78, 5) is 11.3. The van der Waals surface area contributed by atoms with Gasteiger partial charge in [0.05, 0.1) is 5.69 Å². The van der Waals surface area contributed by atoms with E-state index in [-0.39, 0.29) is 5.63 Å². The lowest BCUT2D eigenvalue weighted by Gasteiger charge is -2.07. The molecule has 0 radical (unpaired) electrons. The summed E-state index contributed by atoms with van der Waals surface area (Å²) in [5, 5.41) is 0.975. The molecule has 3 heteroatoms. The van der Waals surface area contributed by atoms with Gasteiger partial charge < -0.3 is 10.2 Å². The number of anilines is 1. The molecule has 120 valence electrons. The SMILES string of the molecule is CCCCCCCCCCc1ccc(N)c2oc(=O)ccc12. The van der Waals surface area contributed by atoms with E-state index in [9.17, 15) is 4.79 Å². The second-order valence-corrected chi connectivity index (χ2v) is 6.04. The van der Waals surface area contributed by atoms with E-state index in [2.05, 4.69) is 13.0 Å². The lowest BCUT2D eigenvalue weighted by atomic mass is 10.0. The third-order valence-corrected chi connectivity index (χ3v) is 4.21. The number of aryl methyl sites for hydroxylation is 1. The Morgan fingerprint density at radius 2 is 1.59 bits per heavy atom. The Morgan fingerprint density at radius 3 is 2.32 bits per heavy atom. The molecule has 0 saturated carbocycles. The Morgan fingerprint density at radius 1 is 0.909 bits per heavy atom. The Balaban J connectivity index is 1.85. The highest BCUT2D eigenvalue weighted by atomic mass is 16.4. The molecule has 0 spiro atoms. The number of hydrogen-bond acceptors (Lipinski definition) is 3. The summed E-state index contributed by atoms with van der Waals surface area (Å²) in [6.45, 7) is 2.25. The number of fused-ring (bicyclic) bond motifs is 1. The molecular formula is C19H27NO2. The molecule has 0 fully saturated rings. The molecule has 0 amide bonds. The topological polar surface area (TPSA) is 56.2 Å². The summed E-state index contributed by atoms with van der Waals surface area (Å²) < 4.78 is 5.23. The van der Waals surface area contributed by atoms with Crippen molar-refractivity contribution in [2.24, 2.45) is 0 Å². The van der Waals surface area contributed by atoms with E-state index < -0.39 is 0 Å². The van der Waals surface area contributed by atoms with Gasteiger partial charge in [0.1, 0.15) is 0 Å². The van der Waals surface area contributed by atoms with Crippen LogP contribution in [0.25, 0.3) is 11.0 Å². The van der Waals surface area contributed by atoms with Gasteiger partial charge in [0.15, 0.2) is 5.58 Å². The maximum Gasteiger partial charge on any atom is 0.336 e. The monoisotopic (exact) mass is 301 g/mol. The van der Waals surface area contributed by atoms with Gasteiger partial charge in [-0.05, 0) is 30.5 Å². The van der Waals surface area contributed by atoms with Crippen LogP contribution in [0.4, 0.5) is 5.69 Å².